The van der Waals surface area contributed by atoms with Gasteiger partial charge in [-0.05, 0) is 6.42 Å². The van der Waals surface area contributed by atoms with Crippen LogP contribution in [0.1, 0.15) is 45.4 Å². The highest BCUT2D eigenvalue weighted by molar-refractivity contribution is 5.70. The molecule has 0 spiro atoms. The molecular formula is C13H25NO3. The number of nitrogens with one attached hydrogen (secondary N) is 1. The number of hydrogen-bond acceptors (Lipinski definition) is 3. The van der Waals surface area contributed by atoms with Crippen LogP contribution >= 0.6 is 0 Å². The first-order valence-electron chi connectivity index (χ1n) is 6.80. The standard InChI is InChI=1S/C13H25NO3/c1-2-3-4-5-6-7-11(13(15)16)12-10-14-8-9-17-12/h11-12,14H,2-10H2,1H3,(H,15,16). The minimum absolute atomic E-state index is 0.146. The van der Waals surface area contributed by atoms with Gasteiger partial charge >= 0.3 is 5.97 Å². The van der Waals surface area contributed by atoms with Crippen LogP contribution in [0.25, 0.3) is 0 Å². The highest BCUT2D eigenvalue weighted by atomic mass is 16.5. The maximum atomic E-state index is 11.2. The third-order valence-electron chi connectivity index (χ3n) is 3.34. The molecule has 1 saturated heterocycles. The van der Waals surface area contributed by atoms with Crippen molar-refractivity contribution in [3.63, 3.8) is 0 Å². The Morgan fingerprint density at radius 2 is 2.18 bits per heavy atom. The van der Waals surface area contributed by atoms with E-state index >= 15 is 0 Å². The lowest BCUT2D eigenvalue weighted by molar-refractivity contribution is -0.149. The van der Waals surface area contributed by atoms with Crippen molar-refractivity contribution < 1.29 is 14.6 Å². The van der Waals surface area contributed by atoms with Crippen LogP contribution in [0.3, 0.4) is 0 Å². The summed E-state index contributed by atoms with van der Waals surface area (Å²) in [6.45, 7) is 4.32. The van der Waals surface area contributed by atoms with Crippen molar-refractivity contribution >= 4 is 5.97 Å². The number of carboxylic acid groups (broad SMARTS) is 1. The number of rotatable bonds is 8. The normalized spacial score (nSPS) is 22.3. The summed E-state index contributed by atoms with van der Waals surface area (Å²) in [5.74, 6) is -1.06. The molecule has 2 unspecified atom stereocenters. The van der Waals surface area contributed by atoms with Gasteiger partial charge in [0, 0.05) is 13.1 Å². The summed E-state index contributed by atoms with van der Waals surface area (Å²) in [5, 5.41) is 12.4. The Morgan fingerprint density at radius 1 is 1.41 bits per heavy atom. The van der Waals surface area contributed by atoms with Crippen LogP contribution < -0.4 is 5.32 Å². The van der Waals surface area contributed by atoms with Gasteiger partial charge < -0.3 is 15.2 Å². The second-order valence-corrected chi connectivity index (χ2v) is 4.76. The number of carboxylic acids is 1. The summed E-state index contributed by atoms with van der Waals surface area (Å²) in [4.78, 5) is 11.2. The van der Waals surface area contributed by atoms with E-state index in [0.717, 1.165) is 25.8 Å². The maximum absolute atomic E-state index is 11.2. The quantitative estimate of drug-likeness (QED) is 0.640. The van der Waals surface area contributed by atoms with E-state index < -0.39 is 5.97 Å². The lowest BCUT2D eigenvalue weighted by atomic mass is 9.94. The highest BCUT2D eigenvalue weighted by Gasteiger charge is 2.29. The van der Waals surface area contributed by atoms with Crippen LogP contribution in [0.15, 0.2) is 0 Å². The number of aliphatic carboxylic acids is 1. The molecule has 100 valence electrons. The van der Waals surface area contributed by atoms with Crippen molar-refractivity contribution in [2.75, 3.05) is 19.7 Å². The number of carbonyl (C=O) groups is 1. The monoisotopic (exact) mass is 243 g/mol. The molecule has 1 aliphatic heterocycles. The number of ether oxygens (including phenoxy) is 1. The van der Waals surface area contributed by atoms with Gasteiger partial charge in [-0.3, -0.25) is 4.79 Å². The molecule has 0 aromatic heterocycles. The molecule has 1 heterocycles. The minimum Gasteiger partial charge on any atom is -0.481 e. The van der Waals surface area contributed by atoms with Crippen molar-refractivity contribution in [2.24, 2.45) is 5.92 Å². The van der Waals surface area contributed by atoms with Crippen molar-refractivity contribution in [1.29, 1.82) is 0 Å². The molecule has 0 amide bonds. The van der Waals surface area contributed by atoms with Gasteiger partial charge in [-0.15, -0.1) is 0 Å². The number of unbranched alkanes of at least 4 members (excludes halogenated alkanes) is 4. The molecule has 0 aromatic rings. The van der Waals surface area contributed by atoms with Gasteiger partial charge in [0.1, 0.15) is 0 Å². The van der Waals surface area contributed by atoms with E-state index in [0.29, 0.717) is 13.2 Å². The zero-order valence-corrected chi connectivity index (χ0v) is 10.8. The molecule has 4 heteroatoms. The first kappa shape index (κ1) is 14.5. The third kappa shape index (κ3) is 5.50. The smallest absolute Gasteiger partial charge is 0.309 e. The van der Waals surface area contributed by atoms with Gasteiger partial charge in [0.25, 0.3) is 0 Å². The van der Waals surface area contributed by atoms with Crippen LogP contribution in [0.4, 0.5) is 0 Å². The average molecular weight is 243 g/mol. The van der Waals surface area contributed by atoms with Crippen molar-refractivity contribution in [3.05, 3.63) is 0 Å². The molecule has 0 aliphatic carbocycles. The second kappa shape index (κ2) is 8.48. The van der Waals surface area contributed by atoms with Crippen LogP contribution in [0.2, 0.25) is 0 Å². The highest BCUT2D eigenvalue weighted by Crippen LogP contribution is 2.18. The molecule has 0 saturated carbocycles. The molecule has 1 fully saturated rings. The largest absolute Gasteiger partial charge is 0.481 e. The molecule has 4 nitrogen and oxygen atoms in total. The van der Waals surface area contributed by atoms with Gasteiger partial charge in [-0.2, -0.15) is 0 Å². The zero-order valence-electron chi connectivity index (χ0n) is 10.8. The third-order valence-corrected chi connectivity index (χ3v) is 3.34. The molecule has 2 atom stereocenters. The fourth-order valence-electron chi connectivity index (χ4n) is 2.28. The average Bonchev–Trinajstić information content (AvgIpc) is 2.34. The fourth-order valence-corrected chi connectivity index (χ4v) is 2.28. The van der Waals surface area contributed by atoms with Gasteiger partial charge in [0.2, 0.25) is 0 Å². The molecule has 1 aliphatic rings. The van der Waals surface area contributed by atoms with E-state index in [2.05, 4.69) is 12.2 Å². The van der Waals surface area contributed by atoms with E-state index in [4.69, 9.17) is 4.74 Å². The van der Waals surface area contributed by atoms with Crippen LogP contribution in [0.5, 0.6) is 0 Å². The van der Waals surface area contributed by atoms with Crippen LogP contribution in [-0.2, 0) is 9.53 Å². The number of morpholine rings is 1. The molecule has 0 aromatic carbocycles. The van der Waals surface area contributed by atoms with E-state index in [1.807, 2.05) is 0 Å². The van der Waals surface area contributed by atoms with Crippen molar-refractivity contribution in [1.82, 2.24) is 5.32 Å². The molecular weight excluding hydrogens is 218 g/mol. The summed E-state index contributed by atoms with van der Waals surface area (Å²) in [7, 11) is 0. The molecule has 0 radical (unpaired) electrons. The number of hydrogen-bond donors (Lipinski definition) is 2. The Balaban J connectivity index is 2.25. The molecule has 0 bridgehead atoms. The first-order chi connectivity index (χ1) is 8.25. The van der Waals surface area contributed by atoms with Gasteiger partial charge in [-0.25, -0.2) is 0 Å². The van der Waals surface area contributed by atoms with Crippen molar-refractivity contribution in [3.8, 4) is 0 Å². The van der Waals surface area contributed by atoms with Gasteiger partial charge in [-0.1, -0.05) is 39.0 Å². The first-order valence-corrected chi connectivity index (χ1v) is 6.80. The summed E-state index contributed by atoms with van der Waals surface area (Å²) in [5.41, 5.74) is 0. The Kier molecular flexibility index (Phi) is 7.21. The Bertz CT molecular complexity index is 215. The summed E-state index contributed by atoms with van der Waals surface area (Å²) in [6, 6.07) is 0. The van der Waals surface area contributed by atoms with E-state index in [9.17, 15) is 9.90 Å². The van der Waals surface area contributed by atoms with Crippen LogP contribution in [-0.4, -0.2) is 36.9 Å². The maximum Gasteiger partial charge on any atom is 0.309 e. The van der Waals surface area contributed by atoms with Gasteiger partial charge in [0.15, 0.2) is 0 Å². The lowest BCUT2D eigenvalue weighted by Gasteiger charge is -2.28. The predicted molar refractivity (Wildman–Crippen MR) is 67.1 cm³/mol. The molecule has 2 N–H and O–H groups in total. The lowest BCUT2D eigenvalue weighted by Crippen LogP contribution is -2.45. The van der Waals surface area contributed by atoms with Crippen LogP contribution in [0, 0.1) is 5.92 Å². The Hall–Kier alpha value is -0.610. The summed E-state index contributed by atoms with van der Waals surface area (Å²) in [6.07, 6.45) is 6.41. The molecule has 1 rings (SSSR count). The van der Waals surface area contributed by atoms with E-state index in [-0.39, 0.29) is 12.0 Å². The van der Waals surface area contributed by atoms with E-state index in [1.165, 1.54) is 19.3 Å². The molecule has 17 heavy (non-hydrogen) atoms. The Morgan fingerprint density at radius 3 is 2.76 bits per heavy atom. The second-order valence-electron chi connectivity index (χ2n) is 4.76. The SMILES string of the molecule is CCCCCCCC(C(=O)O)C1CNCCO1. The minimum atomic E-state index is -0.714. The summed E-state index contributed by atoms with van der Waals surface area (Å²) < 4.78 is 5.54. The van der Waals surface area contributed by atoms with Crippen molar-refractivity contribution in [2.45, 2.75) is 51.6 Å². The Labute approximate surface area is 104 Å². The topological polar surface area (TPSA) is 58.6 Å². The van der Waals surface area contributed by atoms with Gasteiger partial charge in [0.05, 0.1) is 18.6 Å². The predicted octanol–water partition coefficient (Wildman–Crippen LogP) is 2.04. The zero-order chi connectivity index (χ0) is 12.5. The summed E-state index contributed by atoms with van der Waals surface area (Å²) >= 11 is 0. The fraction of sp³-hybridized carbons (Fsp3) is 0.923. The van der Waals surface area contributed by atoms with E-state index in [1.54, 1.807) is 0 Å².